The highest BCUT2D eigenvalue weighted by Gasteiger charge is 2.45. The van der Waals surface area contributed by atoms with Crippen molar-refractivity contribution in [3.63, 3.8) is 0 Å². The van der Waals surface area contributed by atoms with Gasteiger partial charge in [-0.15, -0.1) is 0 Å². The van der Waals surface area contributed by atoms with E-state index >= 15 is 0 Å². The van der Waals surface area contributed by atoms with Crippen LogP contribution < -0.4 is 0 Å². The highest BCUT2D eigenvalue weighted by Crippen LogP contribution is 2.43. The van der Waals surface area contributed by atoms with Crippen LogP contribution in [0, 0.1) is 5.41 Å². The van der Waals surface area contributed by atoms with Gasteiger partial charge in [-0.1, -0.05) is 0 Å². The van der Waals surface area contributed by atoms with Gasteiger partial charge in [0.25, 0.3) is 0 Å². The summed E-state index contributed by atoms with van der Waals surface area (Å²) >= 11 is 0. The fourth-order valence-electron chi connectivity index (χ4n) is 3.66. The van der Waals surface area contributed by atoms with Crippen molar-refractivity contribution in [2.75, 3.05) is 19.6 Å². The largest absolute Gasteiger partial charge is 0.444 e. The molecule has 2 heterocycles. The lowest BCUT2D eigenvalue weighted by atomic mass is 9.72. The van der Waals surface area contributed by atoms with Crippen LogP contribution in [0.1, 0.15) is 59.3 Å². The molecule has 1 aliphatic carbocycles. The number of rotatable bonds is 1. The van der Waals surface area contributed by atoms with E-state index in [0.29, 0.717) is 18.4 Å². The lowest BCUT2D eigenvalue weighted by Crippen LogP contribution is -2.53. The van der Waals surface area contributed by atoms with Crippen molar-refractivity contribution < 1.29 is 14.3 Å². The van der Waals surface area contributed by atoms with E-state index in [1.165, 1.54) is 12.8 Å². The molecule has 124 valence electrons. The Morgan fingerprint density at radius 3 is 2.36 bits per heavy atom. The number of carbonyl (C=O) groups excluding carboxylic acids is 2. The third kappa shape index (κ3) is 3.39. The fourth-order valence-corrected chi connectivity index (χ4v) is 3.66. The topological polar surface area (TPSA) is 49.9 Å². The predicted molar refractivity (Wildman–Crippen MR) is 83.4 cm³/mol. The van der Waals surface area contributed by atoms with Crippen molar-refractivity contribution >= 4 is 12.0 Å². The summed E-state index contributed by atoms with van der Waals surface area (Å²) in [5.74, 6) is 0.336. The summed E-state index contributed by atoms with van der Waals surface area (Å²) < 4.78 is 5.46. The molecule has 3 rings (SSSR count). The molecular formula is C17H28N2O3. The zero-order valence-electron chi connectivity index (χ0n) is 14.1. The second-order valence-corrected chi connectivity index (χ2v) is 8.22. The SMILES string of the molecule is CC(C)(C)OC(=O)N1CCC2(CCC(=O)N(C3CC3)C2)CC1. The molecule has 2 amide bonds. The van der Waals surface area contributed by atoms with Crippen LogP contribution in [0.15, 0.2) is 0 Å². The fraction of sp³-hybridized carbons (Fsp3) is 0.882. The number of amides is 2. The second kappa shape index (κ2) is 5.43. The molecule has 1 saturated carbocycles. The van der Waals surface area contributed by atoms with Gasteiger partial charge in [0.1, 0.15) is 5.60 Å². The lowest BCUT2D eigenvalue weighted by Gasteiger charge is -2.47. The van der Waals surface area contributed by atoms with E-state index in [1.807, 2.05) is 25.7 Å². The van der Waals surface area contributed by atoms with Crippen LogP contribution in [0.5, 0.6) is 0 Å². The lowest BCUT2D eigenvalue weighted by molar-refractivity contribution is -0.139. The van der Waals surface area contributed by atoms with Gasteiger partial charge in [0.15, 0.2) is 0 Å². The van der Waals surface area contributed by atoms with Gasteiger partial charge in [-0.2, -0.15) is 0 Å². The molecule has 0 unspecified atom stereocenters. The summed E-state index contributed by atoms with van der Waals surface area (Å²) in [6.07, 6.45) is 5.79. The van der Waals surface area contributed by atoms with Crippen LogP contribution in [-0.4, -0.2) is 53.1 Å². The molecule has 2 aliphatic heterocycles. The molecule has 0 radical (unpaired) electrons. The van der Waals surface area contributed by atoms with Crippen molar-refractivity contribution in [1.29, 1.82) is 0 Å². The molecule has 3 fully saturated rings. The first-order valence-corrected chi connectivity index (χ1v) is 8.55. The molecule has 0 aromatic carbocycles. The Bertz CT molecular complexity index is 457. The van der Waals surface area contributed by atoms with Gasteiger partial charge in [0, 0.05) is 32.1 Å². The Balaban J connectivity index is 1.56. The van der Waals surface area contributed by atoms with Crippen molar-refractivity contribution in [3.8, 4) is 0 Å². The predicted octanol–water partition coefficient (Wildman–Crippen LogP) is 2.79. The maximum absolute atomic E-state index is 12.2. The van der Waals surface area contributed by atoms with Crippen molar-refractivity contribution in [1.82, 2.24) is 9.80 Å². The van der Waals surface area contributed by atoms with Gasteiger partial charge in [-0.05, 0) is 58.3 Å². The monoisotopic (exact) mass is 308 g/mol. The van der Waals surface area contributed by atoms with Gasteiger partial charge in [-0.3, -0.25) is 4.79 Å². The van der Waals surface area contributed by atoms with Crippen LogP contribution in [0.3, 0.4) is 0 Å². The zero-order valence-corrected chi connectivity index (χ0v) is 14.1. The molecule has 0 aromatic rings. The summed E-state index contributed by atoms with van der Waals surface area (Å²) in [5.41, 5.74) is -0.207. The van der Waals surface area contributed by atoms with Gasteiger partial charge >= 0.3 is 6.09 Å². The van der Waals surface area contributed by atoms with E-state index in [4.69, 9.17) is 4.74 Å². The first-order valence-electron chi connectivity index (χ1n) is 8.55. The molecule has 2 saturated heterocycles. The number of ether oxygens (including phenoxy) is 1. The average molecular weight is 308 g/mol. The van der Waals surface area contributed by atoms with Gasteiger partial charge in [-0.25, -0.2) is 4.79 Å². The average Bonchev–Trinajstić information content (AvgIpc) is 3.25. The molecule has 0 aromatic heterocycles. The summed E-state index contributed by atoms with van der Waals surface area (Å²) in [6, 6.07) is 0.508. The molecule has 3 aliphatic rings. The number of nitrogens with zero attached hydrogens (tertiary/aromatic N) is 2. The second-order valence-electron chi connectivity index (χ2n) is 8.22. The smallest absolute Gasteiger partial charge is 0.410 e. The van der Waals surface area contributed by atoms with Crippen LogP contribution in [0.25, 0.3) is 0 Å². The molecule has 22 heavy (non-hydrogen) atoms. The van der Waals surface area contributed by atoms with E-state index in [2.05, 4.69) is 4.90 Å². The maximum atomic E-state index is 12.2. The quantitative estimate of drug-likeness (QED) is 0.748. The van der Waals surface area contributed by atoms with Crippen LogP contribution in [0.4, 0.5) is 4.79 Å². The number of hydrogen-bond acceptors (Lipinski definition) is 3. The highest BCUT2D eigenvalue weighted by atomic mass is 16.6. The molecular weight excluding hydrogens is 280 g/mol. The summed E-state index contributed by atoms with van der Waals surface area (Å²) in [4.78, 5) is 28.2. The standard InChI is InChI=1S/C17H28N2O3/c1-16(2,3)22-15(21)18-10-8-17(9-11-18)7-6-14(20)19(12-17)13-4-5-13/h13H,4-12H2,1-3H3. The zero-order chi connectivity index (χ0) is 16.0. The Morgan fingerprint density at radius 2 is 1.82 bits per heavy atom. The van der Waals surface area contributed by atoms with E-state index in [1.54, 1.807) is 0 Å². The minimum atomic E-state index is -0.438. The number of piperidine rings is 2. The normalized spacial score (nSPS) is 25.5. The Morgan fingerprint density at radius 1 is 1.18 bits per heavy atom. The van der Waals surface area contributed by atoms with Crippen molar-refractivity contribution in [3.05, 3.63) is 0 Å². The Kier molecular flexibility index (Phi) is 3.86. The van der Waals surface area contributed by atoms with E-state index in [0.717, 1.165) is 38.9 Å². The van der Waals surface area contributed by atoms with Crippen molar-refractivity contribution in [2.24, 2.45) is 5.41 Å². The van der Waals surface area contributed by atoms with Gasteiger partial charge < -0.3 is 14.5 Å². The van der Waals surface area contributed by atoms with E-state index in [-0.39, 0.29) is 11.5 Å². The minimum absolute atomic E-state index is 0.201. The van der Waals surface area contributed by atoms with Gasteiger partial charge in [0.2, 0.25) is 5.91 Å². The van der Waals surface area contributed by atoms with Crippen LogP contribution in [-0.2, 0) is 9.53 Å². The first-order chi connectivity index (χ1) is 10.3. The summed E-state index contributed by atoms with van der Waals surface area (Å²) in [6.45, 7) is 8.10. The van der Waals surface area contributed by atoms with E-state index < -0.39 is 5.60 Å². The Hall–Kier alpha value is -1.26. The maximum Gasteiger partial charge on any atom is 0.410 e. The number of hydrogen-bond donors (Lipinski definition) is 0. The van der Waals surface area contributed by atoms with Crippen LogP contribution in [0.2, 0.25) is 0 Å². The third-order valence-electron chi connectivity index (χ3n) is 5.16. The summed E-state index contributed by atoms with van der Waals surface area (Å²) in [5, 5.41) is 0. The summed E-state index contributed by atoms with van der Waals surface area (Å²) in [7, 11) is 0. The van der Waals surface area contributed by atoms with Gasteiger partial charge in [0.05, 0.1) is 0 Å². The molecule has 0 bridgehead atoms. The first kappa shape index (κ1) is 15.6. The molecule has 0 atom stereocenters. The van der Waals surface area contributed by atoms with Crippen molar-refractivity contribution in [2.45, 2.75) is 70.9 Å². The van der Waals surface area contributed by atoms with E-state index in [9.17, 15) is 9.59 Å². The molecule has 5 nitrogen and oxygen atoms in total. The van der Waals surface area contributed by atoms with Crippen LogP contribution >= 0.6 is 0 Å². The molecule has 5 heteroatoms. The Labute approximate surface area is 133 Å². The number of carbonyl (C=O) groups is 2. The molecule has 0 N–H and O–H groups in total. The molecule has 1 spiro atoms. The minimum Gasteiger partial charge on any atom is -0.444 e. The highest BCUT2D eigenvalue weighted by molar-refractivity contribution is 5.78. The number of likely N-dealkylation sites (tertiary alicyclic amines) is 2. The third-order valence-corrected chi connectivity index (χ3v) is 5.16.